The van der Waals surface area contributed by atoms with Crippen LogP contribution < -0.4 is 0 Å². The van der Waals surface area contributed by atoms with Crippen LogP contribution in [-0.4, -0.2) is 23.6 Å². The summed E-state index contributed by atoms with van der Waals surface area (Å²) in [4.78, 5) is 14.2. The third-order valence-electron chi connectivity index (χ3n) is 3.65. The van der Waals surface area contributed by atoms with E-state index < -0.39 is 23.4 Å². The summed E-state index contributed by atoms with van der Waals surface area (Å²) in [6, 6.07) is 8.79. The molecule has 1 atom stereocenters. The Kier molecular flexibility index (Phi) is 5.88. The highest BCUT2D eigenvalue weighted by molar-refractivity contribution is 7.99. The van der Waals surface area contributed by atoms with Crippen LogP contribution in [0, 0.1) is 11.6 Å². The van der Waals surface area contributed by atoms with E-state index >= 15 is 0 Å². The van der Waals surface area contributed by atoms with Crippen molar-refractivity contribution in [2.75, 3.05) is 7.05 Å². The molecule has 2 aromatic rings. The molecule has 1 unspecified atom stereocenters. The third kappa shape index (κ3) is 4.29. The summed E-state index contributed by atoms with van der Waals surface area (Å²) >= 11 is 0.398. The molecule has 2 rings (SSSR count). The van der Waals surface area contributed by atoms with Crippen molar-refractivity contribution in [1.82, 2.24) is 4.90 Å². The zero-order chi connectivity index (χ0) is 17.9. The van der Waals surface area contributed by atoms with Crippen LogP contribution in [0.15, 0.2) is 47.4 Å². The molecule has 0 aliphatic carbocycles. The Morgan fingerprint density at radius 2 is 1.67 bits per heavy atom. The van der Waals surface area contributed by atoms with Gasteiger partial charge in [-0.1, -0.05) is 17.8 Å². The van der Waals surface area contributed by atoms with Gasteiger partial charge in [0, 0.05) is 17.5 Å². The summed E-state index contributed by atoms with van der Waals surface area (Å²) in [5.41, 5.74) is 0.778. The van der Waals surface area contributed by atoms with Crippen molar-refractivity contribution in [2.45, 2.75) is 23.6 Å². The number of hydrogen-bond donors (Lipinski definition) is 0. The quantitative estimate of drug-likeness (QED) is 0.547. The number of nitrogens with zero attached hydrogens (tertiary/aromatic N) is 1. The first-order valence-electron chi connectivity index (χ1n) is 7.06. The smallest absolute Gasteiger partial charge is 0.288 e. The zero-order valence-electron chi connectivity index (χ0n) is 13.0. The van der Waals surface area contributed by atoms with Gasteiger partial charge in [-0.25, -0.2) is 8.78 Å². The van der Waals surface area contributed by atoms with Gasteiger partial charge in [-0.2, -0.15) is 8.78 Å². The lowest BCUT2D eigenvalue weighted by molar-refractivity contribution is 0.0742. The minimum atomic E-state index is -2.53. The fourth-order valence-corrected chi connectivity index (χ4v) is 2.65. The molecule has 0 heterocycles. The average Bonchev–Trinajstić information content (AvgIpc) is 2.55. The number of hydrogen-bond acceptors (Lipinski definition) is 2. The Balaban J connectivity index is 2.14. The zero-order valence-corrected chi connectivity index (χ0v) is 13.8. The van der Waals surface area contributed by atoms with Crippen LogP contribution in [0.1, 0.15) is 28.9 Å². The van der Waals surface area contributed by atoms with E-state index in [-0.39, 0.29) is 5.91 Å². The minimum Gasteiger partial charge on any atom is -0.335 e. The largest absolute Gasteiger partial charge is 0.335 e. The van der Waals surface area contributed by atoms with Gasteiger partial charge in [-0.05, 0) is 48.9 Å². The Morgan fingerprint density at radius 1 is 1.04 bits per heavy atom. The Bertz CT molecular complexity index is 721. The van der Waals surface area contributed by atoms with Crippen molar-refractivity contribution in [3.05, 3.63) is 65.2 Å². The first kappa shape index (κ1) is 18.3. The summed E-state index contributed by atoms with van der Waals surface area (Å²) in [6.07, 6.45) is 0. The highest BCUT2D eigenvalue weighted by Gasteiger charge is 2.20. The second kappa shape index (κ2) is 7.70. The monoisotopic (exact) mass is 357 g/mol. The lowest BCUT2D eigenvalue weighted by atomic mass is 10.1. The van der Waals surface area contributed by atoms with Crippen molar-refractivity contribution in [1.29, 1.82) is 0 Å². The predicted octanol–water partition coefficient (Wildman–Crippen LogP) is 5.11. The maximum atomic E-state index is 13.3. The second-order valence-electron chi connectivity index (χ2n) is 5.17. The van der Waals surface area contributed by atoms with Gasteiger partial charge in [0.2, 0.25) is 0 Å². The molecule has 1 amide bonds. The van der Waals surface area contributed by atoms with Crippen LogP contribution in [0.5, 0.6) is 0 Å². The normalized spacial score (nSPS) is 12.3. The van der Waals surface area contributed by atoms with Gasteiger partial charge >= 0.3 is 0 Å². The van der Waals surface area contributed by atoms with E-state index in [1.165, 1.54) is 42.3 Å². The molecule has 0 fully saturated rings. The summed E-state index contributed by atoms with van der Waals surface area (Å²) in [5, 5.41) is 0. The number of carbonyl (C=O) groups is 1. The molecule has 2 aromatic carbocycles. The molecular weight excluding hydrogens is 342 g/mol. The molecule has 128 valence electrons. The molecule has 0 aliphatic heterocycles. The first-order chi connectivity index (χ1) is 11.3. The van der Waals surface area contributed by atoms with Gasteiger partial charge in [-0.3, -0.25) is 4.79 Å². The Hall–Kier alpha value is -2.02. The van der Waals surface area contributed by atoms with Gasteiger partial charge in [0.25, 0.3) is 11.7 Å². The van der Waals surface area contributed by atoms with Crippen LogP contribution >= 0.6 is 11.8 Å². The first-order valence-corrected chi connectivity index (χ1v) is 7.94. The van der Waals surface area contributed by atoms with Crippen LogP contribution in [0.3, 0.4) is 0 Å². The van der Waals surface area contributed by atoms with Crippen LogP contribution in [0.25, 0.3) is 0 Å². The number of amides is 1. The average molecular weight is 357 g/mol. The summed E-state index contributed by atoms with van der Waals surface area (Å²) in [6.45, 7) is 1.69. The maximum Gasteiger partial charge on any atom is 0.288 e. The van der Waals surface area contributed by atoms with E-state index in [4.69, 9.17) is 0 Å². The molecule has 0 bridgehead atoms. The number of carbonyl (C=O) groups excluding carboxylic acids is 1. The van der Waals surface area contributed by atoms with Crippen LogP contribution in [0.4, 0.5) is 17.6 Å². The van der Waals surface area contributed by atoms with Gasteiger partial charge in [0.15, 0.2) is 11.6 Å². The molecule has 0 aliphatic rings. The van der Waals surface area contributed by atoms with Crippen molar-refractivity contribution in [3.8, 4) is 0 Å². The van der Waals surface area contributed by atoms with Crippen molar-refractivity contribution >= 4 is 17.7 Å². The second-order valence-corrected chi connectivity index (χ2v) is 6.23. The van der Waals surface area contributed by atoms with Gasteiger partial charge in [0.05, 0.1) is 6.04 Å². The van der Waals surface area contributed by atoms with E-state index in [9.17, 15) is 22.4 Å². The van der Waals surface area contributed by atoms with E-state index in [2.05, 4.69) is 0 Å². The lowest BCUT2D eigenvalue weighted by Crippen LogP contribution is -2.29. The maximum absolute atomic E-state index is 13.3. The van der Waals surface area contributed by atoms with E-state index in [0.29, 0.717) is 27.8 Å². The molecule has 0 saturated carbocycles. The Morgan fingerprint density at radius 3 is 2.21 bits per heavy atom. The molecule has 7 heteroatoms. The molecular formula is C17H15F4NOS. The van der Waals surface area contributed by atoms with Crippen LogP contribution in [-0.2, 0) is 0 Å². The summed E-state index contributed by atoms with van der Waals surface area (Å²) in [5.74, 6) is -4.80. The number of halogens is 4. The molecule has 0 aromatic heterocycles. The van der Waals surface area contributed by atoms with Crippen molar-refractivity contribution in [3.63, 3.8) is 0 Å². The third-order valence-corrected chi connectivity index (χ3v) is 4.38. The van der Waals surface area contributed by atoms with Gasteiger partial charge in [0.1, 0.15) is 0 Å². The molecule has 0 saturated heterocycles. The van der Waals surface area contributed by atoms with Crippen LogP contribution in [0.2, 0.25) is 0 Å². The van der Waals surface area contributed by atoms with Crippen molar-refractivity contribution in [2.24, 2.45) is 0 Å². The fourth-order valence-electron chi connectivity index (χ4n) is 2.15. The van der Waals surface area contributed by atoms with Crippen molar-refractivity contribution < 1.29 is 22.4 Å². The Labute approximate surface area is 141 Å². The lowest BCUT2D eigenvalue weighted by Gasteiger charge is -2.25. The topological polar surface area (TPSA) is 20.3 Å². The molecule has 0 radical (unpaired) electrons. The SMILES string of the molecule is CC(c1ccc(F)c(F)c1)N(C)C(=O)c1ccc(SC(F)F)cc1. The minimum absolute atomic E-state index is 0.325. The highest BCUT2D eigenvalue weighted by atomic mass is 32.2. The predicted molar refractivity (Wildman–Crippen MR) is 85.2 cm³/mol. The number of thioether (sulfide) groups is 1. The molecule has 2 nitrogen and oxygen atoms in total. The molecule has 24 heavy (non-hydrogen) atoms. The number of benzene rings is 2. The van der Waals surface area contributed by atoms with Gasteiger partial charge in [-0.15, -0.1) is 0 Å². The molecule has 0 spiro atoms. The standard InChI is InChI=1S/C17H15F4NOS/c1-10(12-5-8-14(18)15(19)9-12)22(2)16(23)11-3-6-13(7-4-11)24-17(20)21/h3-10,17H,1-2H3. The van der Waals surface area contributed by atoms with E-state index in [0.717, 1.165) is 12.1 Å². The van der Waals surface area contributed by atoms with Gasteiger partial charge < -0.3 is 4.90 Å². The highest BCUT2D eigenvalue weighted by Crippen LogP contribution is 2.26. The number of alkyl halides is 2. The molecule has 0 N–H and O–H groups in total. The summed E-state index contributed by atoms with van der Waals surface area (Å²) in [7, 11) is 1.54. The number of rotatable bonds is 5. The summed E-state index contributed by atoms with van der Waals surface area (Å²) < 4.78 is 50.9. The van der Waals surface area contributed by atoms with E-state index in [1.807, 2.05) is 0 Å². The fraction of sp³-hybridized carbons (Fsp3) is 0.235. The van der Waals surface area contributed by atoms with E-state index in [1.54, 1.807) is 6.92 Å².